The van der Waals surface area contributed by atoms with Crippen molar-refractivity contribution >= 4 is 40.8 Å². The van der Waals surface area contributed by atoms with Crippen LogP contribution in [-0.2, 0) is 7.05 Å². The summed E-state index contributed by atoms with van der Waals surface area (Å²) in [5.74, 6) is -3.08. The zero-order valence-electron chi connectivity index (χ0n) is 10.7. The van der Waals surface area contributed by atoms with Crippen LogP contribution in [0.1, 0.15) is 20.8 Å². The number of anilines is 1. The second-order valence-electron chi connectivity index (χ2n) is 4.15. The topological polar surface area (TPSA) is 71.3 Å². The van der Waals surface area contributed by atoms with Gasteiger partial charge in [0.15, 0.2) is 0 Å². The summed E-state index contributed by atoms with van der Waals surface area (Å²) in [5.41, 5.74) is -0.649. The van der Waals surface area contributed by atoms with Gasteiger partial charge >= 0.3 is 5.97 Å². The molecule has 0 aliphatic carbocycles. The van der Waals surface area contributed by atoms with Crippen LogP contribution < -0.4 is 5.32 Å². The number of benzene rings is 1. The number of aromatic nitrogens is 1. The van der Waals surface area contributed by atoms with E-state index in [0.717, 1.165) is 6.07 Å². The van der Waals surface area contributed by atoms with Crippen LogP contribution in [0.4, 0.5) is 10.1 Å². The monoisotopic (exact) mass is 330 g/mol. The van der Waals surface area contributed by atoms with Crippen molar-refractivity contribution in [2.24, 2.45) is 7.05 Å². The maximum Gasteiger partial charge on any atom is 0.340 e. The number of carboxylic acid groups (broad SMARTS) is 1. The minimum Gasteiger partial charge on any atom is -0.478 e. The van der Waals surface area contributed by atoms with Gasteiger partial charge in [-0.3, -0.25) is 4.79 Å². The molecule has 2 rings (SSSR count). The highest BCUT2D eigenvalue weighted by atomic mass is 35.5. The molecular weight excluding hydrogens is 322 g/mol. The first-order valence-corrected chi connectivity index (χ1v) is 6.42. The minimum atomic E-state index is -1.48. The summed E-state index contributed by atoms with van der Waals surface area (Å²) < 4.78 is 14.9. The van der Waals surface area contributed by atoms with E-state index in [1.807, 2.05) is 0 Å². The molecule has 0 unspecified atom stereocenters. The molecule has 0 fully saturated rings. The van der Waals surface area contributed by atoms with Crippen LogP contribution >= 0.6 is 23.2 Å². The first-order chi connectivity index (χ1) is 9.82. The molecular formula is C13H9Cl2FN2O3. The van der Waals surface area contributed by atoms with Gasteiger partial charge in [0.05, 0.1) is 10.7 Å². The van der Waals surface area contributed by atoms with Gasteiger partial charge in [-0.05, 0) is 18.2 Å². The predicted octanol–water partition coefficient (Wildman–Crippen LogP) is 3.42. The van der Waals surface area contributed by atoms with Crippen molar-refractivity contribution in [2.45, 2.75) is 0 Å². The fourth-order valence-electron chi connectivity index (χ4n) is 1.79. The van der Waals surface area contributed by atoms with Gasteiger partial charge in [0.25, 0.3) is 5.91 Å². The molecule has 1 amide bonds. The van der Waals surface area contributed by atoms with Crippen LogP contribution in [0.15, 0.2) is 24.3 Å². The molecule has 21 heavy (non-hydrogen) atoms. The third-order valence-electron chi connectivity index (χ3n) is 2.82. The van der Waals surface area contributed by atoms with Gasteiger partial charge in [-0.1, -0.05) is 29.3 Å². The highest BCUT2D eigenvalue weighted by Gasteiger charge is 2.20. The summed E-state index contributed by atoms with van der Waals surface area (Å²) in [6.07, 6.45) is 0. The molecule has 0 aliphatic heterocycles. The highest BCUT2D eigenvalue weighted by molar-refractivity contribution is 6.42. The van der Waals surface area contributed by atoms with Crippen molar-refractivity contribution in [1.82, 2.24) is 4.57 Å². The quantitative estimate of drug-likeness (QED) is 0.905. The van der Waals surface area contributed by atoms with Crippen molar-refractivity contribution in [1.29, 1.82) is 0 Å². The lowest BCUT2D eigenvalue weighted by molar-refractivity contribution is 0.0693. The van der Waals surface area contributed by atoms with Crippen molar-refractivity contribution in [3.05, 3.63) is 51.5 Å². The first-order valence-electron chi connectivity index (χ1n) is 5.66. The Morgan fingerprint density at radius 1 is 1.33 bits per heavy atom. The van der Waals surface area contributed by atoms with E-state index in [1.54, 1.807) is 0 Å². The highest BCUT2D eigenvalue weighted by Crippen LogP contribution is 2.26. The molecule has 0 saturated carbocycles. The number of hydrogen-bond donors (Lipinski definition) is 2. The number of carbonyl (C=O) groups is 2. The SMILES string of the molecule is Cn1c(C(=O)Nc2cccc(F)c2C(=O)O)cc(Cl)c1Cl. The minimum absolute atomic E-state index is 0.116. The molecule has 2 N–H and O–H groups in total. The second-order valence-corrected chi connectivity index (χ2v) is 4.91. The number of nitrogens with zero attached hydrogens (tertiary/aromatic N) is 1. The molecule has 0 spiro atoms. The van der Waals surface area contributed by atoms with E-state index in [0.29, 0.717) is 0 Å². The Bertz CT molecular complexity index is 743. The summed E-state index contributed by atoms with van der Waals surface area (Å²) in [6.45, 7) is 0. The third kappa shape index (κ3) is 2.86. The Labute approximate surface area is 128 Å². The predicted molar refractivity (Wildman–Crippen MR) is 76.7 cm³/mol. The summed E-state index contributed by atoms with van der Waals surface area (Å²) in [6, 6.07) is 4.91. The van der Waals surface area contributed by atoms with Gasteiger partial charge in [0, 0.05) is 7.05 Å². The Balaban J connectivity index is 2.39. The molecule has 0 atom stereocenters. The largest absolute Gasteiger partial charge is 0.478 e. The molecule has 8 heteroatoms. The van der Waals surface area contributed by atoms with Crippen LogP contribution in [0.2, 0.25) is 10.2 Å². The van der Waals surface area contributed by atoms with E-state index in [2.05, 4.69) is 5.32 Å². The average Bonchev–Trinajstić information content (AvgIpc) is 2.66. The van der Waals surface area contributed by atoms with Gasteiger partial charge in [-0.15, -0.1) is 0 Å². The number of carboxylic acids is 1. The Kier molecular flexibility index (Phi) is 4.20. The Morgan fingerprint density at radius 3 is 2.52 bits per heavy atom. The van der Waals surface area contributed by atoms with Crippen LogP contribution in [0.3, 0.4) is 0 Å². The van der Waals surface area contributed by atoms with E-state index in [1.165, 1.54) is 29.8 Å². The lowest BCUT2D eigenvalue weighted by atomic mass is 10.1. The lowest BCUT2D eigenvalue weighted by Crippen LogP contribution is -2.18. The number of nitrogens with one attached hydrogen (secondary N) is 1. The number of hydrogen-bond acceptors (Lipinski definition) is 2. The summed E-state index contributed by atoms with van der Waals surface area (Å²) in [7, 11) is 1.52. The van der Waals surface area contributed by atoms with Crippen LogP contribution in [0, 0.1) is 5.82 Å². The van der Waals surface area contributed by atoms with Gasteiger partial charge in [0.1, 0.15) is 22.2 Å². The van der Waals surface area contributed by atoms with Crippen molar-refractivity contribution in [2.75, 3.05) is 5.32 Å². The van der Waals surface area contributed by atoms with Crippen LogP contribution in [0.25, 0.3) is 0 Å². The zero-order valence-corrected chi connectivity index (χ0v) is 12.2. The summed E-state index contributed by atoms with van der Waals surface area (Å²) in [5, 5.41) is 11.7. The van der Waals surface area contributed by atoms with Gasteiger partial charge in [0.2, 0.25) is 0 Å². The molecule has 2 aromatic rings. The third-order valence-corrected chi connectivity index (χ3v) is 3.67. The Morgan fingerprint density at radius 2 is 2.00 bits per heavy atom. The number of halogens is 3. The van der Waals surface area contributed by atoms with Gasteiger partial charge in [-0.2, -0.15) is 0 Å². The van der Waals surface area contributed by atoms with Gasteiger partial charge in [-0.25, -0.2) is 9.18 Å². The van der Waals surface area contributed by atoms with E-state index in [-0.39, 0.29) is 21.6 Å². The van der Waals surface area contributed by atoms with E-state index < -0.39 is 23.3 Å². The summed E-state index contributed by atoms with van der Waals surface area (Å²) >= 11 is 11.7. The normalized spacial score (nSPS) is 10.5. The molecule has 0 saturated heterocycles. The number of amides is 1. The first kappa shape index (κ1) is 15.3. The molecule has 0 bridgehead atoms. The number of rotatable bonds is 3. The van der Waals surface area contributed by atoms with Gasteiger partial charge < -0.3 is 15.0 Å². The lowest BCUT2D eigenvalue weighted by Gasteiger charge is -2.09. The van der Waals surface area contributed by atoms with Crippen molar-refractivity contribution in [3.8, 4) is 0 Å². The molecule has 110 valence electrons. The van der Waals surface area contributed by atoms with E-state index >= 15 is 0 Å². The zero-order chi connectivity index (χ0) is 15.7. The molecule has 1 aromatic carbocycles. The number of carbonyl (C=O) groups excluding carboxylic acids is 1. The molecule has 0 radical (unpaired) electrons. The maximum absolute atomic E-state index is 13.5. The van der Waals surface area contributed by atoms with Crippen LogP contribution in [-0.4, -0.2) is 21.6 Å². The fraction of sp³-hybridized carbons (Fsp3) is 0.0769. The second kappa shape index (κ2) is 5.75. The van der Waals surface area contributed by atoms with Crippen molar-refractivity contribution in [3.63, 3.8) is 0 Å². The van der Waals surface area contributed by atoms with E-state index in [4.69, 9.17) is 28.3 Å². The molecule has 0 aliphatic rings. The van der Waals surface area contributed by atoms with E-state index in [9.17, 15) is 14.0 Å². The average molecular weight is 331 g/mol. The fourth-order valence-corrected chi connectivity index (χ4v) is 2.17. The van der Waals surface area contributed by atoms with Crippen molar-refractivity contribution < 1.29 is 19.1 Å². The smallest absolute Gasteiger partial charge is 0.340 e. The van der Waals surface area contributed by atoms with Crippen LogP contribution in [0.5, 0.6) is 0 Å². The standard InChI is InChI=1S/C13H9Cl2FN2O3/c1-18-9(5-6(14)11(18)15)12(19)17-8-4-2-3-7(16)10(8)13(20)21/h2-5H,1H3,(H,17,19)(H,20,21). The number of aromatic carboxylic acids is 1. The Hall–Kier alpha value is -2.05. The molecule has 1 heterocycles. The molecule has 5 nitrogen and oxygen atoms in total. The summed E-state index contributed by atoms with van der Waals surface area (Å²) in [4.78, 5) is 23.2. The molecule has 1 aromatic heterocycles. The maximum atomic E-state index is 13.5.